The lowest BCUT2D eigenvalue weighted by molar-refractivity contribution is -0.0175. The van der Waals surface area contributed by atoms with Gasteiger partial charge in [-0.15, -0.1) is 24.0 Å². The highest BCUT2D eigenvalue weighted by Crippen LogP contribution is 2.17. The first-order valence-corrected chi connectivity index (χ1v) is 9.51. The maximum Gasteiger partial charge on any atom is 0.193 e. The molecule has 2 saturated heterocycles. The molecule has 0 amide bonds. The van der Waals surface area contributed by atoms with Crippen molar-refractivity contribution in [1.82, 2.24) is 15.1 Å². The normalized spacial score (nSPS) is 25.8. The quantitative estimate of drug-likeness (QED) is 0.243. The molecular formula is C18H37IN4O3. The average Bonchev–Trinajstić information content (AvgIpc) is 3.08. The molecule has 8 heteroatoms. The Balaban J connectivity index is 0.00000338. The Morgan fingerprint density at radius 2 is 2.15 bits per heavy atom. The molecule has 7 nitrogen and oxygen atoms in total. The van der Waals surface area contributed by atoms with E-state index in [2.05, 4.69) is 34.0 Å². The third-order valence-corrected chi connectivity index (χ3v) is 5.12. The van der Waals surface area contributed by atoms with Crippen LogP contribution in [0.1, 0.15) is 20.3 Å². The number of methoxy groups -OCH3 is 1. The highest BCUT2D eigenvalue weighted by Gasteiger charge is 2.27. The number of morpholine rings is 1. The summed E-state index contributed by atoms with van der Waals surface area (Å²) < 4.78 is 16.2. The molecule has 0 aromatic heterocycles. The summed E-state index contributed by atoms with van der Waals surface area (Å²) in [4.78, 5) is 9.34. The van der Waals surface area contributed by atoms with Gasteiger partial charge in [0.2, 0.25) is 0 Å². The Kier molecular flexibility index (Phi) is 12.0. The summed E-state index contributed by atoms with van der Waals surface area (Å²) in [6, 6.07) is 0.944. The van der Waals surface area contributed by atoms with Crippen molar-refractivity contribution in [1.29, 1.82) is 0 Å². The van der Waals surface area contributed by atoms with Crippen molar-refractivity contribution in [2.24, 2.45) is 10.9 Å². The van der Waals surface area contributed by atoms with Crippen LogP contribution in [0.5, 0.6) is 0 Å². The molecule has 2 aliphatic rings. The second kappa shape index (κ2) is 13.1. The largest absolute Gasteiger partial charge is 0.382 e. The third-order valence-electron chi connectivity index (χ3n) is 5.12. The van der Waals surface area contributed by atoms with Gasteiger partial charge in [-0.05, 0) is 20.3 Å². The van der Waals surface area contributed by atoms with Crippen LogP contribution in [-0.2, 0) is 14.2 Å². The summed E-state index contributed by atoms with van der Waals surface area (Å²) >= 11 is 0. The van der Waals surface area contributed by atoms with E-state index < -0.39 is 0 Å². The Labute approximate surface area is 175 Å². The van der Waals surface area contributed by atoms with Gasteiger partial charge >= 0.3 is 0 Å². The lowest BCUT2D eigenvalue weighted by Crippen LogP contribution is -2.53. The first-order valence-electron chi connectivity index (χ1n) is 9.51. The second-order valence-corrected chi connectivity index (χ2v) is 7.11. The molecule has 2 fully saturated rings. The molecular weight excluding hydrogens is 447 g/mol. The SMILES string of the molecule is CN=C(NCC(C)N1CCOCC1C)N1CCC(COCCOC)C1.I. The number of nitrogens with zero attached hydrogens (tertiary/aromatic N) is 3. The van der Waals surface area contributed by atoms with Crippen LogP contribution in [0.15, 0.2) is 4.99 Å². The van der Waals surface area contributed by atoms with E-state index >= 15 is 0 Å². The topological polar surface area (TPSA) is 58.6 Å². The van der Waals surface area contributed by atoms with E-state index in [1.807, 2.05) is 7.05 Å². The molecule has 2 heterocycles. The van der Waals surface area contributed by atoms with Crippen LogP contribution >= 0.6 is 24.0 Å². The molecule has 0 saturated carbocycles. The Morgan fingerprint density at radius 3 is 2.85 bits per heavy atom. The lowest BCUT2D eigenvalue weighted by atomic mass is 10.1. The minimum atomic E-state index is 0. The van der Waals surface area contributed by atoms with Crippen LogP contribution in [-0.4, -0.2) is 101 Å². The van der Waals surface area contributed by atoms with Crippen LogP contribution in [0.2, 0.25) is 0 Å². The van der Waals surface area contributed by atoms with Gasteiger partial charge in [-0.3, -0.25) is 9.89 Å². The van der Waals surface area contributed by atoms with E-state index in [1.54, 1.807) is 7.11 Å². The van der Waals surface area contributed by atoms with Crippen molar-refractivity contribution in [3.63, 3.8) is 0 Å². The highest BCUT2D eigenvalue weighted by atomic mass is 127. The maximum atomic E-state index is 5.68. The van der Waals surface area contributed by atoms with Crippen LogP contribution in [0.25, 0.3) is 0 Å². The number of aliphatic imine (C=N–C) groups is 1. The van der Waals surface area contributed by atoms with E-state index in [1.165, 1.54) is 0 Å². The van der Waals surface area contributed by atoms with Gasteiger partial charge in [-0.25, -0.2) is 0 Å². The summed E-state index contributed by atoms with van der Waals surface area (Å²) in [6.07, 6.45) is 1.16. The lowest BCUT2D eigenvalue weighted by Gasteiger charge is -2.38. The first-order chi connectivity index (χ1) is 12.2. The van der Waals surface area contributed by atoms with Crippen LogP contribution < -0.4 is 5.32 Å². The number of hydrogen-bond acceptors (Lipinski definition) is 5. The van der Waals surface area contributed by atoms with Gasteiger partial charge in [0.15, 0.2) is 5.96 Å². The first kappa shape index (κ1) is 23.9. The van der Waals surface area contributed by atoms with E-state index in [0.717, 1.165) is 58.4 Å². The number of halogens is 1. The summed E-state index contributed by atoms with van der Waals surface area (Å²) in [7, 11) is 3.57. The van der Waals surface area contributed by atoms with E-state index in [9.17, 15) is 0 Å². The van der Waals surface area contributed by atoms with Gasteiger partial charge in [-0.1, -0.05) is 0 Å². The smallest absolute Gasteiger partial charge is 0.193 e. The number of hydrogen-bond donors (Lipinski definition) is 1. The summed E-state index contributed by atoms with van der Waals surface area (Å²) in [5.74, 6) is 1.58. The molecule has 0 bridgehead atoms. The zero-order chi connectivity index (χ0) is 18.1. The number of nitrogens with one attached hydrogen (secondary N) is 1. The summed E-state index contributed by atoms with van der Waals surface area (Å²) in [6.45, 7) is 12.3. The van der Waals surface area contributed by atoms with Gasteiger partial charge < -0.3 is 24.4 Å². The van der Waals surface area contributed by atoms with E-state index in [4.69, 9.17) is 14.2 Å². The zero-order valence-corrected chi connectivity index (χ0v) is 19.1. The average molecular weight is 484 g/mol. The van der Waals surface area contributed by atoms with Crippen molar-refractivity contribution >= 4 is 29.9 Å². The highest BCUT2D eigenvalue weighted by molar-refractivity contribution is 14.0. The molecule has 0 aliphatic carbocycles. The van der Waals surface area contributed by atoms with Gasteiger partial charge in [0, 0.05) is 58.3 Å². The van der Waals surface area contributed by atoms with Gasteiger partial charge in [0.05, 0.1) is 33.0 Å². The van der Waals surface area contributed by atoms with Crippen LogP contribution in [0.3, 0.4) is 0 Å². The predicted molar refractivity (Wildman–Crippen MR) is 116 cm³/mol. The van der Waals surface area contributed by atoms with Crippen LogP contribution in [0.4, 0.5) is 0 Å². The molecule has 154 valence electrons. The number of likely N-dealkylation sites (tertiary alicyclic amines) is 1. The standard InChI is InChI=1S/C18H36N4O3.HI/c1-15(22-7-8-24-13-16(22)2)11-20-18(19-3)21-6-5-17(12-21)14-25-10-9-23-4;/h15-17H,5-14H2,1-4H3,(H,19,20);1H. The molecule has 3 atom stereocenters. The van der Waals surface area contributed by atoms with Gasteiger partial charge in [0.25, 0.3) is 0 Å². The van der Waals surface area contributed by atoms with Crippen molar-refractivity contribution < 1.29 is 14.2 Å². The minimum Gasteiger partial charge on any atom is -0.382 e. The van der Waals surface area contributed by atoms with Gasteiger partial charge in [-0.2, -0.15) is 0 Å². The van der Waals surface area contributed by atoms with Crippen molar-refractivity contribution in [2.75, 3.05) is 73.4 Å². The molecule has 2 rings (SSSR count). The number of guanidine groups is 1. The Hall–Kier alpha value is -0.160. The molecule has 26 heavy (non-hydrogen) atoms. The fraction of sp³-hybridized carbons (Fsp3) is 0.944. The summed E-state index contributed by atoms with van der Waals surface area (Å²) in [5, 5.41) is 3.56. The zero-order valence-electron chi connectivity index (χ0n) is 16.8. The number of ether oxygens (including phenoxy) is 3. The van der Waals surface area contributed by atoms with E-state index in [-0.39, 0.29) is 24.0 Å². The third kappa shape index (κ3) is 7.46. The second-order valence-electron chi connectivity index (χ2n) is 7.11. The van der Waals surface area contributed by atoms with Crippen molar-refractivity contribution in [3.8, 4) is 0 Å². The molecule has 1 N–H and O–H groups in total. The van der Waals surface area contributed by atoms with Crippen molar-refractivity contribution in [2.45, 2.75) is 32.4 Å². The predicted octanol–water partition coefficient (Wildman–Crippen LogP) is 1.27. The monoisotopic (exact) mass is 484 g/mol. The van der Waals surface area contributed by atoms with Crippen molar-refractivity contribution in [3.05, 3.63) is 0 Å². The van der Waals surface area contributed by atoms with Crippen LogP contribution in [0, 0.1) is 5.92 Å². The fourth-order valence-electron chi connectivity index (χ4n) is 3.64. The van der Waals surface area contributed by atoms with E-state index in [0.29, 0.717) is 31.2 Å². The Morgan fingerprint density at radius 1 is 1.35 bits per heavy atom. The number of rotatable bonds is 8. The molecule has 0 spiro atoms. The summed E-state index contributed by atoms with van der Waals surface area (Å²) in [5.41, 5.74) is 0. The maximum absolute atomic E-state index is 5.68. The molecule has 0 aromatic carbocycles. The minimum absolute atomic E-state index is 0. The molecule has 0 radical (unpaired) electrons. The molecule has 0 aromatic rings. The van der Waals surface area contributed by atoms with Gasteiger partial charge in [0.1, 0.15) is 0 Å². The fourth-order valence-corrected chi connectivity index (χ4v) is 3.64. The molecule has 2 aliphatic heterocycles. The Bertz CT molecular complexity index is 414. The molecule has 3 unspecified atom stereocenters.